The molecule has 2 aromatic rings. The predicted molar refractivity (Wildman–Crippen MR) is 95.7 cm³/mol. The number of rotatable bonds is 3. The summed E-state index contributed by atoms with van der Waals surface area (Å²) in [4.78, 5) is 38.8. The second-order valence-electron chi connectivity index (χ2n) is 6.88. The van der Waals surface area contributed by atoms with Gasteiger partial charge in [-0.05, 0) is 37.1 Å². The van der Waals surface area contributed by atoms with Gasteiger partial charge in [-0.25, -0.2) is 14.1 Å². The number of fused-ring (bicyclic) bond motifs is 1. The molecule has 2 aromatic carbocycles. The molecule has 2 aliphatic rings. The Kier molecular flexibility index (Phi) is 4.48. The van der Waals surface area contributed by atoms with Crippen molar-refractivity contribution in [2.75, 3.05) is 4.90 Å². The van der Waals surface area contributed by atoms with E-state index in [-0.39, 0.29) is 35.0 Å². The van der Waals surface area contributed by atoms with E-state index in [1.807, 2.05) is 0 Å². The highest BCUT2D eigenvalue weighted by molar-refractivity contribution is 6.22. The normalized spacial score (nSPS) is 21.9. The summed E-state index contributed by atoms with van der Waals surface area (Å²) in [6.45, 7) is 0. The van der Waals surface area contributed by atoms with Crippen molar-refractivity contribution in [2.45, 2.75) is 25.7 Å². The highest BCUT2D eigenvalue weighted by Gasteiger charge is 2.48. The van der Waals surface area contributed by atoms with Crippen LogP contribution in [-0.4, -0.2) is 17.8 Å². The largest absolute Gasteiger partial charge is 0.423 e. The summed E-state index contributed by atoms with van der Waals surface area (Å²) in [6, 6.07) is 11.8. The molecular weight excluding hydrogens is 349 g/mol. The monoisotopic (exact) mass is 367 g/mol. The highest BCUT2D eigenvalue weighted by Crippen LogP contribution is 2.40. The number of ether oxygens (including phenoxy) is 1. The summed E-state index contributed by atoms with van der Waals surface area (Å²) in [5, 5.41) is 0. The molecule has 2 atom stereocenters. The van der Waals surface area contributed by atoms with Gasteiger partial charge in [-0.2, -0.15) is 0 Å². The van der Waals surface area contributed by atoms with Crippen molar-refractivity contribution >= 4 is 23.5 Å². The number of nitrogens with zero attached hydrogens (tertiary/aromatic N) is 1. The molecule has 138 valence electrons. The van der Waals surface area contributed by atoms with Crippen LogP contribution in [0.1, 0.15) is 36.0 Å². The molecule has 5 nitrogen and oxygen atoms in total. The number of carbonyl (C=O) groups is 3. The Morgan fingerprint density at radius 3 is 2.30 bits per heavy atom. The van der Waals surface area contributed by atoms with Gasteiger partial charge in [0.1, 0.15) is 11.6 Å². The number of carbonyl (C=O) groups excluding carboxylic acids is 3. The topological polar surface area (TPSA) is 63.7 Å². The number of esters is 1. The van der Waals surface area contributed by atoms with Crippen LogP contribution in [0.25, 0.3) is 0 Å². The summed E-state index contributed by atoms with van der Waals surface area (Å²) in [5.74, 6) is -2.25. The molecule has 0 bridgehead atoms. The lowest BCUT2D eigenvalue weighted by Gasteiger charge is -2.19. The van der Waals surface area contributed by atoms with Crippen LogP contribution in [0.4, 0.5) is 10.1 Å². The Hall–Kier alpha value is -3.02. The minimum atomic E-state index is -0.835. The van der Waals surface area contributed by atoms with Crippen molar-refractivity contribution in [1.29, 1.82) is 0 Å². The second-order valence-corrected chi connectivity index (χ2v) is 6.88. The Labute approximate surface area is 155 Å². The minimum absolute atomic E-state index is 0.149. The van der Waals surface area contributed by atoms with Crippen molar-refractivity contribution in [3.63, 3.8) is 0 Å². The van der Waals surface area contributed by atoms with E-state index in [0.717, 1.165) is 25.7 Å². The first-order valence-corrected chi connectivity index (χ1v) is 9.01. The molecule has 2 amide bonds. The third-order valence-electron chi connectivity index (χ3n) is 5.22. The fraction of sp³-hybridized carbons (Fsp3) is 0.286. The predicted octanol–water partition coefficient (Wildman–Crippen LogP) is 3.72. The summed E-state index contributed by atoms with van der Waals surface area (Å²) in [6.07, 6.45) is 3.37. The van der Waals surface area contributed by atoms with Crippen LogP contribution in [0.3, 0.4) is 0 Å². The van der Waals surface area contributed by atoms with Crippen LogP contribution in [0.15, 0.2) is 48.5 Å². The summed E-state index contributed by atoms with van der Waals surface area (Å²) in [5.41, 5.74) is 0.195. The molecule has 0 radical (unpaired) electrons. The van der Waals surface area contributed by atoms with Crippen LogP contribution < -0.4 is 9.64 Å². The maximum Gasteiger partial charge on any atom is 0.346 e. The maximum atomic E-state index is 13.7. The van der Waals surface area contributed by atoms with Gasteiger partial charge in [-0.15, -0.1) is 0 Å². The quantitative estimate of drug-likeness (QED) is 0.471. The van der Waals surface area contributed by atoms with Gasteiger partial charge in [0.05, 0.1) is 23.1 Å². The summed E-state index contributed by atoms with van der Waals surface area (Å²) < 4.78 is 19.0. The molecule has 0 aromatic heterocycles. The standard InChI is InChI=1S/C21H18FNO4/c22-18-11-4-3-10-17(18)21(26)27-14-7-5-6-13(12-14)23-19(24)15-8-1-2-9-16(15)20(23)25/h3-7,10-12,15-16H,1-2,8-9H2/t15-,16-/m1/s1. The molecule has 1 saturated heterocycles. The molecule has 2 fully saturated rings. The smallest absolute Gasteiger partial charge is 0.346 e. The number of halogens is 1. The van der Waals surface area contributed by atoms with Crippen LogP contribution in [-0.2, 0) is 9.59 Å². The van der Waals surface area contributed by atoms with E-state index in [2.05, 4.69) is 0 Å². The van der Waals surface area contributed by atoms with E-state index >= 15 is 0 Å². The fourth-order valence-electron chi connectivity index (χ4n) is 3.89. The molecule has 0 spiro atoms. The first kappa shape index (κ1) is 17.4. The summed E-state index contributed by atoms with van der Waals surface area (Å²) in [7, 11) is 0. The Bertz CT molecular complexity index is 902. The van der Waals surface area contributed by atoms with Crippen LogP contribution in [0.5, 0.6) is 5.75 Å². The van der Waals surface area contributed by atoms with Crippen molar-refractivity contribution < 1.29 is 23.5 Å². The third kappa shape index (κ3) is 3.12. The minimum Gasteiger partial charge on any atom is -0.423 e. The molecule has 6 heteroatoms. The summed E-state index contributed by atoms with van der Waals surface area (Å²) >= 11 is 0. The highest BCUT2D eigenvalue weighted by atomic mass is 19.1. The number of anilines is 1. The molecule has 1 saturated carbocycles. The Balaban J connectivity index is 1.58. The Morgan fingerprint density at radius 2 is 1.63 bits per heavy atom. The zero-order chi connectivity index (χ0) is 19.0. The number of hydrogen-bond acceptors (Lipinski definition) is 4. The third-order valence-corrected chi connectivity index (χ3v) is 5.22. The first-order valence-electron chi connectivity index (χ1n) is 9.01. The van der Waals surface area contributed by atoms with Gasteiger partial charge in [0, 0.05) is 6.07 Å². The number of imide groups is 1. The van der Waals surface area contributed by atoms with Gasteiger partial charge in [0.2, 0.25) is 11.8 Å². The number of hydrogen-bond donors (Lipinski definition) is 0. The number of benzene rings is 2. The maximum absolute atomic E-state index is 13.7. The average molecular weight is 367 g/mol. The first-order chi connectivity index (χ1) is 13.1. The van der Waals surface area contributed by atoms with Gasteiger partial charge in [0.15, 0.2) is 0 Å². The van der Waals surface area contributed by atoms with Crippen LogP contribution >= 0.6 is 0 Å². The fourth-order valence-corrected chi connectivity index (χ4v) is 3.89. The van der Waals surface area contributed by atoms with E-state index in [4.69, 9.17) is 4.74 Å². The van der Waals surface area contributed by atoms with E-state index in [9.17, 15) is 18.8 Å². The zero-order valence-corrected chi connectivity index (χ0v) is 14.6. The van der Waals surface area contributed by atoms with E-state index in [0.29, 0.717) is 5.69 Å². The van der Waals surface area contributed by atoms with Gasteiger partial charge in [-0.3, -0.25) is 9.59 Å². The molecule has 1 aliphatic carbocycles. The molecule has 1 aliphatic heterocycles. The van der Waals surface area contributed by atoms with Gasteiger partial charge in [0.25, 0.3) is 0 Å². The Morgan fingerprint density at radius 1 is 0.963 bits per heavy atom. The van der Waals surface area contributed by atoms with Gasteiger partial charge in [-0.1, -0.05) is 31.0 Å². The van der Waals surface area contributed by atoms with Crippen molar-refractivity contribution in [2.24, 2.45) is 11.8 Å². The van der Waals surface area contributed by atoms with Crippen molar-refractivity contribution in [3.8, 4) is 5.75 Å². The van der Waals surface area contributed by atoms with E-state index < -0.39 is 11.8 Å². The van der Waals surface area contributed by atoms with E-state index in [1.54, 1.807) is 18.2 Å². The van der Waals surface area contributed by atoms with Crippen molar-refractivity contribution in [1.82, 2.24) is 0 Å². The molecule has 0 N–H and O–H groups in total. The molecule has 27 heavy (non-hydrogen) atoms. The molecular formula is C21H18FNO4. The lowest BCUT2D eigenvalue weighted by Crippen LogP contribution is -2.30. The zero-order valence-electron chi connectivity index (χ0n) is 14.6. The average Bonchev–Trinajstić information content (AvgIpc) is 2.93. The molecule has 0 unspecified atom stereocenters. The van der Waals surface area contributed by atoms with Crippen LogP contribution in [0.2, 0.25) is 0 Å². The second kappa shape index (κ2) is 6.95. The van der Waals surface area contributed by atoms with Crippen molar-refractivity contribution in [3.05, 3.63) is 59.9 Å². The molecule has 4 rings (SSSR count). The SMILES string of the molecule is O=C(Oc1cccc(N2C(=O)[C@@H]3CCCC[C@H]3C2=O)c1)c1ccccc1F. The number of amides is 2. The molecule has 1 heterocycles. The lowest BCUT2D eigenvalue weighted by molar-refractivity contribution is -0.122. The van der Waals surface area contributed by atoms with Gasteiger partial charge < -0.3 is 4.74 Å². The van der Waals surface area contributed by atoms with Crippen LogP contribution in [0, 0.1) is 17.7 Å². The van der Waals surface area contributed by atoms with Gasteiger partial charge >= 0.3 is 5.97 Å². The van der Waals surface area contributed by atoms with E-state index in [1.165, 1.54) is 35.2 Å². The lowest BCUT2D eigenvalue weighted by atomic mass is 9.81.